The molecule has 1 N–H and O–H groups in total. The van der Waals surface area contributed by atoms with Crippen molar-refractivity contribution in [1.29, 1.82) is 0 Å². The molecule has 47 heavy (non-hydrogen) atoms. The number of carbonyl (C=O) groups excluding carboxylic acids is 1. The van der Waals surface area contributed by atoms with E-state index < -0.39 is 0 Å². The van der Waals surface area contributed by atoms with Crippen LogP contribution in [0.1, 0.15) is 18.9 Å². The number of anilines is 5. The lowest BCUT2D eigenvalue weighted by Crippen LogP contribution is -2.09. The van der Waals surface area contributed by atoms with Gasteiger partial charge in [0.25, 0.3) is 0 Å². The molecule has 0 unspecified atom stereocenters. The largest absolute Gasteiger partial charge is 0.493 e. The van der Waals surface area contributed by atoms with Gasteiger partial charge in [0.2, 0.25) is 0 Å². The number of esters is 1. The standard InChI is InChI=1S/C30H24N2.C12H16O3/c1-4-10-26(11-5-1)31-27-20-16-24(17-21-27)25-18-22-30(23-19-25)32(28-12-6-2-7-13-28)29-14-8-3-9-15-29;1-10-4-6-12(7-5-10)15-9-3-8-14-11(2)13/h1-23,31H;4-7H,3,8-9H2,1-2H3. The summed E-state index contributed by atoms with van der Waals surface area (Å²) < 4.78 is 10.2. The Morgan fingerprint density at radius 2 is 1.02 bits per heavy atom. The van der Waals surface area contributed by atoms with Crippen molar-refractivity contribution < 1.29 is 14.3 Å². The lowest BCUT2D eigenvalue weighted by Gasteiger charge is -2.25. The quantitative estimate of drug-likeness (QED) is 0.115. The summed E-state index contributed by atoms with van der Waals surface area (Å²) in [5.74, 6) is 0.605. The zero-order chi connectivity index (χ0) is 32.7. The Morgan fingerprint density at radius 1 is 0.553 bits per heavy atom. The maximum absolute atomic E-state index is 10.5. The number of para-hydroxylation sites is 3. The SMILES string of the molecule is CC(=O)OCCCOc1ccc(C)cc1.c1ccc(Nc2ccc(-c3ccc(N(c4ccccc4)c4ccccc4)cc3)cc2)cc1. The monoisotopic (exact) mass is 620 g/mol. The number of hydrogen-bond donors (Lipinski definition) is 1. The second kappa shape index (κ2) is 17.0. The van der Waals surface area contributed by atoms with Gasteiger partial charge in [0, 0.05) is 41.8 Å². The second-order valence-electron chi connectivity index (χ2n) is 11.0. The molecular weight excluding hydrogens is 580 g/mol. The first-order valence-electron chi connectivity index (χ1n) is 15.8. The Hall–Kier alpha value is -5.81. The van der Waals surface area contributed by atoms with Gasteiger partial charge in [-0.25, -0.2) is 0 Å². The minimum atomic E-state index is -0.245. The molecule has 0 aliphatic carbocycles. The van der Waals surface area contributed by atoms with Crippen molar-refractivity contribution in [1.82, 2.24) is 0 Å². The van der Waals surface area contributed by atoms with Crippen LogP contribution in [0.15, 0.2) is 164 Å². The van der Waals surface area contributed by atoms with Crippen molar-refractivity contribution in [2.24, 2.45) is 0 Å². The van der Waals surface area contributed by atoms with E-state index >= 15 is 0 Å². The average Bonchev–Trinajstić information content (AvgIpc) is 3.11. The van der Waals surface area contributed by atoms with Crippen molar-refractivity contribution in [2.45, 2.75) is 20.3 Å². The fourth-order valence-electron chi connectivity index (χ4n) is 4.94. The molecule has 0 bridgehead atoms. The molecule has 0 aliphatic heterocycles. The maximum atomic E-state index is 10.5. The van der Waals surface area contributed by atoms with Gasteiger partial charge in [0.1, 0.15) is 5.75 Å². The van der Waals surface area contributed by atoms with Crippen LogP contribution in [0.25, 0.3) is 11.1 Å². The zero-order valence-corrected chi connectivity index (χ0v) is 26.9. The predicted octanol–water partition coefficient (Wildman–Crippen LogP) is 10.9. The summed E-state index contributed by atoms with van der Waals surface area (Å²) in [5.41, 5.74) is 9.19. The average molecular weight is 621 g/mol. The number of hydrogen-bond acceptors (Lipinski definition) is 5. The first-order chi connectivity index (χ1) is 23.0. The van der Waals surface area contributed by atoms with E-state index in [1.165, 1.54) is 23.6 Å². The van der Waals surface area contributed by atoms with Crippen LogP contribution in [-0.4, -0.2) is 19.2 Å². The number of carbonyl (C=O) groups is 1. The van der Waals surface area contributed by atoms with Gasteiger partial charge in [-0.2, -0.15) is 0 Å². The third kappa shape index (κ3) is 10.1. The minimum Gasteiger partial charge on any atom is -0.493 e. The maximum Gasteiger partial charge on any atom is 0.302 e. The van der Waals surface area contributed by atoms with Gasteiger partial charge in [0.05, 0.1) is 13.2 Å². The number of nitrogens with zero attached hydrogens (tertiary/aromatic N) is 1. The van der Waals surface area contributed by atoms with E-state index in [0.29, 0.717) is 19.6 Å². The first-order valence-corrected chi connectivity index (χ1v) is 15.8. The van der Waals surface area contributed by atoms with Crippen molar-refractivity contribution in [2.75, 3.05) is 23.4 Å². The summed E-state index contributed by atoms with van der Waals surface area (Å²) in [6.45, 7) is 4.42. The van der Waals surface area contributed by atoms with Gasteiger partial charge in [-0.05, 0) is 90.8 Å². The highest BCUT2D eigenvalue weighted by molar-refractivity contribution is 5.78. The summed E-state index contributed by atoms with van der Waals surface area (Å²) in [6.07, 6.45) is 0.716. The first kappa shape index (κ1) is 32.6. The summed E-state index contributed by atoms with van der Waals surface area (Å²) in [7, 11) is 0. The molecule has 5 heteroatoms. The Morgan fingerprint density at radius 3 is 1.55 bits per heavy atom. The highest BCUT2D eigenvalue weighted by Gasteiger charge is 2.12. The van der Waals surface area contributed by atoms with Gasteiger partial charge in [0.15, 0.2) is 0 Å². The van der Waals surface area contributed by atoms with Crippen LogP contribution in [-0.2, 0) is 9.53 Å². The lowest BCUT2D eigenvalue weighted by molar-refractivity contribution is -0.141. The second-order valence-corrected chi connectivity index (χ2v) is 11.0. The molecule has 0 saturated heterocycles. The van der Waals surface area contributed by atoms with Crippen molar-refractivity contribution in [3.8, 4) is 16.9 Å². The summed E-state index contributed by atoms with van der Waals surface area (Å²) in [4.78, 5) is 12.7. The Bertz CT molecular complexity index is 1730. The molecule has 0 spiro atoms. The Balaban J connectivity index is 0.000000244. The molecule has 236 valence electrons. The van der Waals surface area contributed by atoms with Crippen LogP contribution < -0.4 is 15.0 Å². The van der Waals surface area contributed by atoms with Crippen molar-refractivity contribution >= 4 is 34.4 Å². The third-order valence-electron chi connectivity index (χ3n) is 7.32. The van der Waals surface area contributed by atoms with Crippen LogP contribution >= 0.6 is 0 Å². The van der Waals surface area contributed by atoms with E-state index in [9.17, 15) is 4.79 Å². The zero-order valence-electron chi connectivity index (χ0n) is 26.9. The molecule has 0 aliphatic rings. The van der Waals surface area contributed by atoms with Gasteiger partial charge in [-0.3, -0.25) is 4.79 Å². The smallest absolute Gasteiger partial charge is 0.302 e. The topological polar surface area (TPSA) is 50.8 Å². The molecule has 0 fully saturated rings. The molecule has 6 aromatic rings. The van der Waals surface area contributed by atoms with E-state index in [1.807, 2.05) is 61.5 Å². The number of aryl methyl sites for hydroxylation is 1. The molecular formula is C42H40N2O3. The van der Waals surface area contributed by atoms with Crippen molar-refractivity contribution in [3.05, 3.63) is 169 Å². The number of benzene rings is 6. The minimum absolute atomic E-state index is 0.245. The van der Waals surface area contributed by atoms with Crippen LogP contribution in [0.3, 0.4) is 0 Å². The van der Waals surface area contributed by atoms with E-state index in [0.717, 1.165) is 34.2 Å². The van der Waals surface area contributed by atoms with Crippen LogP contribution in [0.4, 0.5) is 28.4 Å². The number of ether oxygens (including phenoxy) is 2. The van der Waals surface area contributed by atoms with Gasteiger partial charge in [-0.1, -0.05) is 96.6 Å². The summed E-state index contributed by atoms with van der Waals surface area (Å²) in [5, 5.41) is 3.44. The highest BCUT2D eigenvalue weighted by Crippen LogP contribution is 2.35. The molecule has 0 radical (unpaired) electrons. The third-order valence-corrected chi connectivity index (χ3v) is 7.32. The van der Waals surface area contributed by atoms with Gasteiger partial charge < -0.3 is 19.7 Å². The van der Waals surface area contributed by atoms with Gasteiger partial charge in [-0.15, -0.1) is 0 Å². The lowest BCUT2D eigenvalue weighted by atomic mass is 10.0. The molecule has 0 atom stereocenters. The van der Waals surface area contributed by atoms with Gasteiger partial charge >= 0.3 is 5.97 Å². The molecule has 5 nitrogen and oxygen atoms in total. The highest BCUT2D eigenvalue weighted by atomic mass is 16.5. The van der Waals surface area contributed by atoms with Crippen LogP contribution in [0, 0.1) is 6.92 Å². The van der Waals surface area contributed by atoms with E-state index in [2.05, 4.69) is 119 Å². The van der Waals surface area contributed by atoms with Crippen LogP contribution in [0.5, 0.6) is 5.75 Å². The summed E-state index contributed by atoms with van der Waals surface area (Å²) >= 11 is 0. The fourth-order valence-corrected chi connectivity index (χ4v) is 4.94. The fraction of sp³-hybridized carbons (Fsp3) is 0.119. The molecule has 0 aromatic heterocycles. The normalized spacial score (nSPS) is 10.3. The molecule has 6 aromatic carbocycles. The Kier molecular flexibility index (Phi) is 11.8. The molecule has 0 heterocycles. The van der Waals surface area contributed by atoms with Crippen LogP contribution in [0.2, 0.25) is 0 Å². The number of nitrogens with one attached hydrogen (secondary N) is 1. The summed E-state index contributed by atoms with van der Waals surface area (Å²) in [6, 6.07) is 56.3. The molecule has 0 saturated carbocycles. The Labute approximate surface area is 278 Å². The van der Waals surface area contributed by atoms with E-state index in [4.69, 9.17) is 9.47 Å². The number of rotatable bonds is 11. The molecule has 6 rings (SSSR count). The van der Waals surface area contributed by atoms with Crippen molar-refractivity contribution in [3.63, 3.8) is 0 Å². The van der Waals surface area contributed by atoms with E-state index in [-0.39, 0.29) is 5.97 Å². The predicted molar refractivity (Wildman–Crippen MR) is 194 cm³/mol. The van der Waals surface area contributed by atoms with E-state index in [1.54, 1.807) is 0 Å². The molecule has 0 amide bonds.